The number of aliphatic hydroxyl groups excluding tert-OH is 1. The first-order chi connectivity index (χ1) is 8.33. The van der Waals surface area contributed by atoms with Crippen LogP contribution in [0.25, 0.3) is 0 Å². The molecule has 1 aliphatic heterocycles. The van der Waals surface area contributed by atoms with Crippen molar-refractivity contribution in [1.29, 1.82) is 0 Å². The van der Waals surface area contributed by atoms with E-state index in [1.807, 2.05) is 0 Å². The quantitative estimate of drug-likeness (QED) is 0.569. The van der Waals surface area contributed by atoms with Crippen LogP contribution >= 0.6 is 0 Å². The van der Waals surface area contributed by atoms with E-state index in [9.17, 15) is 5.11 Å². The first-order valence-electron chi connectivity index (χ1n) is 6.33. The normalized spacial score (nSPS) is 19.4. The van der Waals surface area contributed by atoms with Gasteiger partial charge < -0.3 is 24.6 Å². The van der Waals surface area contributed by atoms with Gasteiger partial charge in [-0.05, 0) is 25.8 Å². The van der Waals surface area contributed by atoms with Crippen molar-refractivity contribution >= 4 is 0 Å². The summed E-state index contributed by atoms with van der Waals surface area (Å²) in [7, 11) is 1.67. The van der Waals surface area contributed by atoms with Crippen molar-refractivity contribution in [2.45, 2.75) is 24.8 Å². The third-order valence-electron chi connectivity index (χ3n) is 3.15. The van der Waals surface area contributed by atoms with Crippen molar-refractivity contribution < 1.29 is 19.3 Å². The van der Waals surface area contributed by atoms with Crippen LogP contribution in [0.5, 0.6) is 0 Å². The molecule has 0 aromatic rings. The number of hydrogen-bond acceptors (Lipinski definition) is 5. The second kappa shape index (κ2) is 8.83. The lowest BCUT2D eigenvalue weighted by molar-refractivity contribution is 0.0103. The molecule has 0 aromatic heterocycles. The van der Waals surface area contributed by atoms with Crippen molar-refractivity contribution in [2.75, 3.05) is 53.3 Å². The zero-order chi connectivity index (χ0) is 12.4. The fraction of sp³-hybridized carbons (Fsp3) is 1.00. The van der Waals surface area contributed by atoms with E-state index in [1.54, 1.807) is 7.11 Å². The smallest absolute Gasteiger partial charge is 0.0700 e. The molecule has 0 unspecified atom stereocenters. The van der Waals surface area contributed by atoms with Crippen LogP contribution in [0.1, 0.15) is 19.3 Å². The minimum absolute atomic E-state index is 0.134. The maximum Gasteiger partial charge on any atom is 0.0700 e. The molecule has 1 heterocycles. The van der Waals surface area contributed by atoms with E-state index in [4.69, 9.17) is 14.2 Å². The van der Waals surface area contributed by atoms with Gasteiger partial charge in [-0.1, -0.05) is 0 Å². The van der Waals surface area contributed by atoms with Gasteiger partial charge in [-0.15, -0.1) is 0 Å². The molecule has 0 amide bonds. The summed E-state index contributed by atoms with van der Waals surface area (Å²) in [4.78, 5) is 0. The Kier molecular flexibility index (Phi) is 7.72. The Morgan fingerprint density at radius 1 is 1.24 bits per heavy atom. The molecule has 0 radical (unpaired) electrons. The Balaban J connectivity index is 2.03. The van der Waals surface area contributed by atoms with Crippen molar-refractivity contribution in [3.05, 3.63) is 0 Å². The van der Waals surface area contributed by atoms with E-state index in [0.29, 0.717) is 13.2 Å². The molecule has 102 valence electrons. The first kappa shape index (κ1) is 14.9. The Hall–Kier alpha value is -0.200. The minimum atomic E-state index is -0.134. The summed E-state index contributed by atoms with van der Waals surface area (Å²) in [6.07, 6.45) is 2.72. The van der Waals surface area contributed by atoms with Gasteiger partial charge in [0.05, 0.1) is 19.8 Å². The van der Waals surface area contributed by atoms with Gasteiger partial charge in [-0.25, -0.2) is 0 Å². The average Bonchev–Trinajstić information content (AvgIpc) is 2.39. The zero-order valence-corrected chi connectivity index (χ0v) is 10.7. The lowest BCUT2D eigenvalue weighted by Gasteiger charge is -2.36. The molecule has 1 aliphatic rings. The lowest BCUT2D eigenvalue weighted by atomic mass is 9.91. The Morgan fingerprint density at radius 2 is 2.00 bits per heavy atom. The molecule has 1 saturated heterocycles. The van der Waals surface area contributed by atoms with E-state index in [1.165, 1.54) is 0 Å². The largest absolute Gasteiger partial charge is 0.394 e. The predicted octanol–water partition coefficient (Wildman–Crippen LogP) is 0.171. The SMILES string of the molecule is COCCOCCCNC1(CO)CCOCC1. The van der Waals surface area contributed by atoms with Gasteiger partial charge in [0.25, 0.3) is 0 Å². The average molecular weight is 247 g/mol. The number of rotatable bonds is 9. The summed E-state index contributed by atoms with van der Waals surface area (Å²) in [5.41, 5.74) is -0.134. The molecule has 1 fully saturated rings. The lowest BCUT2D eigenvalue weighted by Crippen LogP contribution is -2.52. The number of ether oxygens (including phenoxy) is 3. The molecule has 1 rings (SSSR count). The summed E-state index contributed by atoms with van der Waals surface area (Å²) in [5, 5.41) is 12.9. The van der Waals surface area contributed by atoms with Crippen LogP contribution in [0.3, 0.4) is 0 Å². The number of nitrogens with one attached hydrogen (secondary N) is 1. The molecular formula is C12H25NO4. The summed E-state index contributed by atoms with van der Waals surface area (Å²) in [5.74, 6) is 0. The van der Waals surface area contributed by atoms with E-state index in [-0.39, 0.29) is 12.1 Å². The second-order valence-electron chi connectivity index (χ2n) is 4.44. The maximum atomic E-state index is 9.45. The fourth-order valence-electron chi connectivity index (χ4n) is 1.93. The third-order valence-corrected chi connectivity index (χ3v) is 3.15. The van der Waals surface area contributed by atoms with Crippen LogP contribution in [0, 0.1) is 0 Å². The van der Waals surface area contributed by atoms with Gasteiger partial charge in [-0.3, -0.25) is 0 Å². The molecule has 0 atom stereocenters. The molecule has 17 heavy (non-hydrogen) atoms. The predicted molar refractivity (Wildman–Crippen MR) is 65.2 cm³/mol. The van der Waals surface area contributed by atoms with Crippen molar-refractivity contribution in [3.8, 4) is 0 Å². The van der Waals surface area contributed by atoms with E-state index >= 15 is 0 Å². The molecule has 5 heteroatoms. The van der Waals surface area contributed by atoms with E-state index in [2.05, 4.69) is 5.32 Å². The number of aliphatic hydroxyl groups is 1. The highest BCUT2D eigenvalue weighted by atomic mass is 16.5. The first-order valence-corrected chi connectivity index (χ1v) is 6.33. The third kappa shape index (κ3) is 5.79. The summed E-state index contributed by atoms with van der Waals surface area (Å²) >= 11 is 0. The summed E-state index contributed by atoms with van der Waals surface area (Å²) in [6, 6.07) is 0. The Bertz CT molecular complexity index is 183. The van der Waals surface area contributed by atoms with Crippen molar-refractivity contribution in [2.24, 2.45) is 0 Å². The molecule has 2 N–H and O–H groups in total. The highest BCUT2D eigenvalue weighted by Gasteiger charge is 2.30. The number of hydrogen-bond donors (Lipinski definition) is 2. The molecular weight excluding hydrogens is 222 g/mol. The Labute approximate surface area is 103 Å². The van der Waals surface area contributed by atoms with Crippen molar-refractivity contribution in [1.82, 2.24) is 5.32 Å². The van der Waals surface area contributed by atoms with E-state index in [0.717, 1.165) is 45.6 Å². The minimum Gasteiger partial charge on any atom is -0.394 e. The van der Waals surface area contributed by atoms with Gasteiger partial charge in [0, 0.05) is 32.5 Å². The van der Waals surface area contributed by atoms with Crippen LogP contribution in [-0.2, 0) is 14.2 Å². The standard InChI is InChI=1S/C12H25NO4/c1-15-9-10-16-6-2-5-13-12(11-14)3-7-17-8-4-12/h13-14H,2-11H2,1H3. The molecule has 0 bridgehead atoms. The van der Waals surface area contributed by atoms with Crippen molar-refractivity contribution in [3.63, 3.8) is 0 Å². The van der Waals surface area contributed by atoms with Gasteiger partial charge in [0.15, 0.2) is 0 Å². The highest BCUT2D eigenvalue weighted by molar-refractivity contribution is 4.89. The summed E-state index contributed by atoms with van der Waals surface area (Å²) < 4.78 is 15.6. The molecule has 0 aromatic carbocycles. The number of methoxy groups -OCH3 is 1. The molecule has 0 spiro atoms. The Morgan fingerprint density at radius 3 is 2.65 bits per heavy atom. The van der Waals surface area contributed by atoms with E-state index < -0.39 is 0 Å². The van der Waals surface area contributed by atoms with Gasteiger partial charge in [-0.2, -0.15) is 0 Å². The highest BCUT2D eigenvalue weighted by Crippen LogP contribution is 2.19. The van der Waals surface area contributed by atoms with Crippen LogP contribution in [0.2, 0.25) is 0 Å². The van der Waals surface area contributed by atoms with Crippen LogP contribution in [0.15, 0.2) is 0 Å². The fourth-order valence-corrected chi connectivity index (χ4v) is 1.93. The molecule has 0 aliphatic carbocycles. The van der Waals surface area contributed by atoms with Crippen LogP contribution < -0.4 is 5.32 Å². The van der Waals surface area contributed by atoms with Gasteiger partial charge in [0.2, 0.25) is 0 Å². The summed E-state index contributed by atoms with van der Waals surface area (Å²) in [6.45, 7) is 4.54. The topological polar surface area (TPSA) is 60.0 Å². The van der Waals surface area contributed by atoms with Gasteiger partial charge in [0.1, 0.15) is 0 Å². The van der Waals surface area contributed by atoms with Crippen LogP contribution in [0.4, 0.5) is 0 Å². The van der Waals surface area contributed by atoms with Crippen LogP contribution in [-0.4, -0.2) is 63.9 Å². The van der Waals surface area contributed by atoms with Gasteiger partial charge >= 0.3 is 0 Å². The molecule has 0 saturated carbocycles. The molecule has 5 nitrogen and oxygen atoms in total. The second-order valence-corrected chi connectivity index (χ2v) is 4.44. The zero-order valence-electron chi connectivity index (χ0n) is 10.7. The maximum absolute atomic E-state index is 9.45. The monoisotopic (exact) mass is 247 g/mol.